The van der Waals surface area contributed by atoms with E-state index in [4.69, 9.17) is 4.79 Å². The molecule has 0 aliphatic rings. The van der Waals surface area contributed by atoms with E-state index in [1.54, 1.807) is 0 Å². The first kappa shape index (κ1) is 11.0. The summed E-state index contributed by atoms with van der Waals surface area (Å²) in [7, 11) is 0. The van der Waals surface area contributed by atoms with Gasteiger partial charge in [0.2, 0.25) is 5.75 Å². The van der Waals surface area contributed by atoms with Crippen molar-refractivity contribution in [3.63, 3.8) is 0 Å². The molecule has 1 aromatic rings. The van der Waals surface area contributed by atoms with Gasteiger partial charge in [0, 0.05) is 6.07 Å². The topological polar surface area (TPSA) is 17.1 Å². The van der Waals surface area contributed by atoms with Crippen LogP contribution in [-0.4, -0.2) is 5.75 Å². The summed E-state index contributed by atoms with van der Waals surface area (Å²) in [5.41, 5.74) is 0. The van der Waals surface area contributed by atoms with Crippen LogP contribution in [0.5, 0.6) is 0 Å². The quantitative estimate of drug-likeness (QED) is 0.354. The second kappa shape index (κ2) is 5.60. The number of rotatable bonds is 0. The maximum atomic E-state index is 12.0. The van der Waals surface area contributed by atoms with Crippen LogP contribution in [0.3, 0.4) is 0 Å². The summed E-state index contributed by atoms with van der Waals surface area (Å²) in [5, 5.41) is 0. The first-order chi connectivity index (χ1) is 5.61. The second-order valence-electron chi connectivity index (χ2n) is 1.65. The van der Waals surface area contributed by atoms with Crippen LogP contribution in [0.2, 0.25) is 0 Å². The summed E-state index contributed by atoms with van der Waals surface area (Å²) in [6.45, 7) is 0. The highest BCUT2D eigenvalue weighted by Crippen LogP contribution is 2.05. The number of hydrogen-bond acceptors (Lipinski definition) is 1. The highest BCUT2D eigenvalue weighted by atomic mass is 35.5. The molecule has 66 valence electrons. The highest BCUT2D eigenvalue weighted by Gasteiger charge is 1.99. The van der Waals surface area contributed by atoms with Crippen molar-refractivity contribution in [1.29, 1.82) is 0 Å². The maximum Gasteiger partial charge on any atom is 0.208 e. The Morgan fingerprint density at radius 3 is 2.00 bits per heavy atom. The molecule has 0 aliphatic carbocycles. The summed E-state index contributed by atoms with van der Waals surface area (Å²) < 4.78 is 35.9. The van der Waals surface area contributed by atoms with Gasteiger partial charge < -0.3 is 0 Å². The summed E-state index contributed by atoms with van der Waals surface area (Å²) in [6, 6.07) is 2.10. The van der Waals surface area contributed by atoms with E-state index in [9.17, 15) is 13.2 Å². The third-order valence-corrected chi connectivity index (χ3v) is 0.882. The zero-order chi connectivity index (χ0) is 9.56. The van der Waals surface area contributed by atoms with E-state index in [1.807, 2.05) is 0 Å². The molecule has 0 fully saturated rings. The molecule has 0 radical (unpaired) electrons. The van der Waals surface area contributed by atoms with Crippen LogP contribution in [0.4, 0.5) is 13.2 Å². The van der Waals surface area contributed by atoms with Crippen molar-refractivity contribution in [2.75, 3.05) is 0 Å². The Morgan fingerprint density at radius 2 is 1.67 bits per heavy atom. The smallest absolute Gasteiger partial charge is 0.208 e. The zero-order valence-corrected chi connectivity index (χ0v) is 6.49. The van der Waals surface area contributed by atoms with Crippen molar-refractivity contribution >= 4 is 17.3 Å². The summed E-state index contributed by atoms with van der Waals surface area (Å²) in [4.78, 5) is 8.57. The minimum Gasteiger partial charge on any atom is -0.285 e. The molecular formula is C7H4ClF3O. The Labute approximate surface area is 71.8 Å². The first-order valence-electron chi connectivity index (χ1n) is 2.76. The summed E-state index contributed by atoms with van der Waals surface area (Å²) in [5.74, 6) is -2.74. The van der Waals surface area contributed by atoms with Gasteiger partial charge in [0.1, 0.15) is 5.82 Å². The van der Waals surface area contributed by atoms with Crippen molar-refractivity contribution < 1.29 is 18.0 Å². The molecule has 0 saturated heterocycles. The van der Waals surface area contributed by atoms with Crippen molar-refractivity contribution in [1.82, 2.24) is 0 Å². The summed E-state index contributed by atoms with van der Waals surface area (Å²) >= 11 is 4.32. The molecule has 1 nitrogen and oxygen atoms in total. The minimum absolute atomic E-state index is 0.222. The van der Waals surface area contributed by atoms with Crippen molar-refractivity contribution in [2.24, 2.45) is 0 Å². The molecule has 0 saturated carbocycles. The Morgan fingerprint density at radius 1 is 1.17 bits per heavy atom. The molecule has 1 aromatic carbocycles. The van der Waals surface area contributed by atoms with Gasteiger partial charge in [0.25, 0.3) is 0 Å². The second-order valence-corrected chi connectivity index (χ2v) is 1.83. The Balaban J connectivity index is 0.000000354. The fourth-order valence-corrected chi connectivity index (χ4v) is 0.470. The van der Waals surface area contributed by atoms with Gasteiger partial charge in [-0.25, -0.2) is 13.2 Å². The van der Waals surface area contributed by atoms with Crippen molar-refractivity contribution in [2.45, 2.75) is 0 Å². The van der Waals surface area contributed by atoms with E-state index >= 15 is 0 Å². The van der Waals surface area contributed by atoms with E-state index in [0.717, 1.165) is 12.1 Å². The lowest BCUT2D eigenvalue weighted by atomic mass is 10.3. The molecule has 0 aliphatic heterocycles. The number of halogens is 4. The van der Waals surface area contributed by atoms with E-state index in [-0.39, 0.29) is 5.75 Å². The monoisotopic (exact) mass is 196 g/mol. The molecule has 0 heterocycles. The van der Waals surface area contributed by atoms with E-state index in [1.165, 1.54) is 0 Å². The van der Waals surface area contributed by atoms with Gasteiger partial charge in [-0.05, 0) is 23.7 Å². The summed E-state index contributed by atoms with van der Waals surface area (Å²) in [6.07, 6.45) is 0. The molecule has 0 amide bonds. The molecule has 0 bridgehead atoms. The van der Waals surface area contributed by atoms with Crippen LogP contribution in [-0.2, 0) is 4.79 Å². The van der Waals surface area contributed by atoms with Gasteiger partial charge in [-0.2, -0.15) is 0 Å². The van der Waals surface area contributed by atoms with Crippen molar-refractivity contribution in [3.8, 4) is 0 Å². The molecule has 0 spiro atoms. The van der Waals surface area contributed by atoms with Gasteiger partial charge >= 0.3 is 0 Å². The number of benzene rings is 1. The standard InChI is InChI=1S/C6H3F3.CHClO/c7-4-1-2-5(8)6(9)3-4;2-1-3/h1-3H;1H. The Hall–Kier alpha value is -1.03. The maximum absolute atomic E-state index is 12.0. The number of carbonyl (C=O) groups excluding carboxylic acids is 1. The average Bonchev–Trinajstić information content (AvgIpc) is 1.99. The van der Waals surface area contributed by atoms with Gasteiger partial charge in [0.05, 0.1) is 0 Å². The van der Waals surface area contributed by atoms with Gasteiger partial charge in [-0.15, -0.1) is 0 Å². The van der Waals surface area contributed by atoms with E-state index in [2.05, 4.69) is 11.6 Å². The predicted molar refractivity (Wildman–Crippen MR) is 38.9 cm³/mol. The third-order valence-electron chi connectivity index (χ3n) is 0.882. The van der Waals surface area contributed by atoms with Crippen LogP contribution in [0.25, 0.3) is 0 Å². The number of carbonyl (C=O) groups is 1. The van der Waals surface area contributed by atoms with Gasteiger partial charge in [-0.3, -0.25) is 4.79 Å². The van der Waals surface area contributed by atoms with E-state index in [0.29, 0.717) is 6.07 Å². The van der Waals surface area contributed by atoms with Gasteiger partial charge in [-0.1, -0.05) is 0 Å². The normalized spacial score (nSPS) is 8.33. The molecule has 0 unspecified atom stereocenters. The number of hydrogen-bond donors (Lipinski definition) is 0. The fraction of sp³-hybridized carbons (Fsp3) is 0. The molecule has 0 atom stereocenters. The molecule has 1 rings (SSSR count). The van der Waals surface area contributed by atoms with Crippen LogP contribution < -0.4 is 0 Å². The third kappa shape index (κ3) is 3.98. The SMILES string of the molecule is Fc1ccc(F)c(F)c1.O=CCl. The minimum atomic E-state index is -1.16. The largest absolute Gasteiger partial charge is 0.285 e. The van der Waals surface area contributed by atoms with Crippen LogP contribution >= 0.6 is 11.6 Å². The zero-order valence-electron chi connectivity index (χ0n) is 5.73. The van der Waals surface area contributed by atoms with Crippen LogP contribution in [0.1, 0.15) is 0 Å². The molecule has 0 aromatic heterocycles. The molecular weight excluding hydrogens is 193 g/mol. The van der Waals surface area contributed by atoms with E-state index < -0.39 is 17.5 Å². The molecule has 12 heavy (non-hydrogen) atoms. The molecule has 5 heteroatoms. The highest BCUT2D eigenvalue weighted by molar-refractivity contribution is 6.54. The Bertz CT molecular complexity index is 265. The lowest BCUT2D eigenvalue weighted by Crippen LogP contribution is -1.83. The van der Waals surface area contributed by atoms with Crippen LogP contribution in [0.15, 0.2) is 18.2 Å². The average molecular weight is 197 g/mol. The van der Waals surface area contributed by atoms with Crippen molar-refractivity contribution in [3.05, 3.63) is 35.7 Å². The molecule has 0 N–H and O–H groups in total. The van der Waals surface area contributed by atoms with Gasteiger partial charge in [0.15, 0.2) is 11.6 Å². The predicted octanol–water partition coefficient (Wildman–Crippen LogP) is 2.52. The lowest BCUT2D eigenvalue weighted by Gasteiger charge is -1.88. The van der Waals surface area contributed by atoms with Crippen LogP contribution in [0, 0.1) is 17.5 Å². The first-order valence-corrected chi connectivity index (χ1v) is 3.20. The Kier molecular flexibility index (Phi) is 5.12. The fourth-order valence-electron chi connectivity index (χ4n) is 0.470. The lowest BCUT2D eigenvalue weighted by molar-refractivity contribution is 0.495.